The van der Waals surface area contributed by atoms with Crippen LogP contribution in [-0.4, -0.2) is 20.2 Å². The van der Waals surface area contributed by atoms with E-state index in [0.29, 0.717) is 5.69 Å². The lowest BCUT2D eigenvalue weighted by atomic mass is 10.3. The first kappa shape index (κ1) is 12.5. The van der Waals surface area contributed by atoms with E-state index < -0.39 is 11.0 Å². The van der Waals surface area contributed by atoms with Crippen LogP contribution in [0, 0.1) is 0 Å². The molecule has 1 aromatic rings. The summed E-state index contributed by atoms with van der Waals surface area (Å²) in [6.45, 7) is 5.65. The molecule has 1 unspecified atom stereocenters. The standard InChI is InChI=1S/C10H13BrN2OS/c1-10(2,3)15(14)12-7-8-5-4-6-9(11)13-8/h4-7H,1-3H3. The Kier molecular flexibility index (Phi) is 4.16. The van der Waals surface area contributed by atoms with E-state index in [2.05, 4.69) is 25.3 Å². The molecule has 0 saturated heterocycles. The number of halogens is 1. The van der Waals surface area contributed by atoms with Crippen LogP contribution >= 0.6 is 15.9 Å². The van der Waals surface area contributed by atoms with E-state index in [9.17, 15) is 4.21 Å². The third kappa shape index (κ3) is 4.22. The highest BCUT2D eigenvalue weighted by atomic mass is 79.9. The second kappa shape index (κ2) is 4.99. The largest absolute Gasteiger partial charge is 0.240 e. The van der Waals surface area contributed by atoms with Crippen LogP contribution in [0.4, 0.5) is 0 Å². The Labute approximate surface area is 101 Å². The van der Waals surface area contributed by atoms with Gasteiger partial charge in [-0.3, -0.25) is 0 Å². The maximum atomic E-state index is 11.6. The van der Waals surface area contributed by atoms with Crippen molar-refractivity contribution in [2.24, 2.45) is 4.40 Å². The van der Waals surface area contributed by atoms with Gasteiger partial charge in [-0.15, -0.1) is 0 Å². The van der Waals surface area contributed by atoms with Gasteiger partial charge in [-0.25, -0.2) is 9.19 Å². The van der Waals surface area contributed by atoms with Gasteiger partial charge in [0.2, 0.25) is 0 Å². The maximum absolute atomic E-state index is 11.6. The topological polar surface area (TPSA) is 42.3 Å². The fraction of sp³-hybridized carbons (Fsp3) is 0.400. The highest BCUT2D eigenvalue weighted by Crippen LogP contribution is 2.12. The highest BCUT2D eigenvalue weighted by molar-refractivity contribution is 9.10. The SMILES string of the molecule is CC(C)(C)S(=O)N=Cc1cccc(Br)n1. The average Bonchev–Trinajstić information content (AvgIpc) is 2.12. The summed E-state index contributed by atoms with van der Waals surface area (Å²) in [5.41, 5.74) is 0.696. The van der Waals surface area contributed by atoms with Gasteiger partial charge in [-0.05, 0) is 48.8 Å². The monoisotopic (exact) mass is 288 g/mol. The number of hydrogen-bond donors (Lipinski definition) is 0. The summed E-state index contributed by atoms with van der Waals surface area (Å²) in [6, 6.07) is 5.50. The van der Waals surface area contributed by atoms with Gasteiger partial charge in [0.05, 0.1) is 16.7 Å². The zero-order valence-corrected chi connectivity index (χ0v) is 11.3. The number of hydrogen-bond acceptors (Lipinski definition) is 2. The molecule has 0 saturated carbocycles. The fourth-order valence-corrected chi connectivity index (χ4v) is 1.63. The van der Waals surface area contributed by atoms with Crippen molar-refractivity contribution >= 4 is 33.1 Å². The van der Waals surface area contributed by atoms with Crippen molar-refractivity contribution in [2.75, 3.05) is 0 Å². The molecule has 0 N–H and O–H groups in total. The Hall–Kier alpha value is -0.550. The Morgan fingerprint density at radius 2 is 2.13 bits per heavy atom. The molecule has 0 aliphatic carbocycles. The summed E-state index contributed by atoms with van der Waals surface area (Å²) >= 11 is 3.26. The van der Waals surface area contributed by atoms with Gasteiger partial charge in [-0.1, -0.05) is 6.07 Å². The molecule has 1 rings (SSSR count). The molecule has 0 aromatic carbocycles. The van der Waals surface area contributed by atoms with Gasteiger partial charge in [0.15, 0.2) is 0 Å². The molecule has 0 amide bonds. The molecule has 3 nitrogen and oxygen atoms in total. The van der Waals surface area contributed by atoms with Crippen LogP contribution in [0.5, 0.6) is 0 Å². The lowest BCUT2D eigenvalue weighted by Gasteiger charge is -2.12. The minimum Gasteiger partial charge on any atom is -0.240 e. The smallest absolute Gasteiger partial charge is 0.144 e. The molecule has 1 atom stereocenters. The van der Waals surface area contributed by atoms with Gasteiger partial charge < -0.3 is 0 Å². The summed E-state index contributed by atoms with van der Waals surface area (Å²) in [5, 5.41) is 0. The van der Waals surface area contributed by atoms with Crippen LogP contribution in [0.3, 0.4) is 0 Å². The zero-order valence-electron chi connectivity index (χ0n) is 8.90. The van der Waals surface area contributed by atoms with Crippen LogP contribution in [0.15, 0.2) is 27.2 Å². The molecular formula is C10H13BrN2OS. The van der Waals surface area contributed by atoms with Crippen LogP contribution in [-0.2, 0) is 11.0 Å². The first-order chi connectivity index (χ1) is 6.89. The minimum atomic E-state index is -1.23. The zero-order chi connectivity index (χ0) is 11.5. The van der Waals surface area contributed by atoms with E-state index in [1.165, 1.54) is 6.21 Å². The number of rotatable bonds is 2. The molecule has 0 aliphatic heterocycles. The van der Waals surface area contributed by atoms with Crippen molar-refractivity contribution in [3.05, 3.63) is 28.5 Å². The molecular weight excluding hydrogens is 276 g/mol. The molecule has 0 radical (unpaired) electrons. The van der Waals surface area contributed by atoms with E-state index >= 15 is 0 Å². The molecule has 0 aliphatic rings. The van der Waals surface area contributed by atoms with Gasteiger partial charge in [0.25, 0.3) is 0 Å². The Balaban J connectivity index is 2.79. The summed E-state index contributed by atoms with van der Waals surface area (Å²) < 4.78 is 16.0. The second-order valence-corrected chi connectivity index (χ2v) is 6.73. The molecule has 5 heteroatoms. The molecule has 0 bridgehead atoms. The van der Waals surface area contributed by atoms with Crippen LogP contribution in [0.25, 0.3) is 0 Å². The van der Waals surface area contributed by atoms with Crippen molar-refractivity contribution in [3.8, 4) is 0 Å². The van der Waals surface area contributed by atoms with Crippen molar-refractivity contribution in [1.82, 2.24) is 4.98 Å². The first-order valence-electron chi connectivity index (χ1n) is 4.48. The van der Waals surface area contributed by atoms with Crippen molar-refractivity contribution in [1.29, 1.82) is 0 Å². The lowest BCUT2D eigenvalue weighted by Crippen LogP contribution is -2.19. The van der Waals surface area contributed by atoms with E-state index in [0.717, 1.165) is 4.60 Å². The van der Waals surface area contributed by atoms with E-state index in [4.69, 9.17) is 0 Å². The first-order valence-corrected chi connectivity index (χ1v) is 6.38. The molecule has 15 heavy (non-hydrogen) atoms. The summed E-state index contributed by atoms with van der Waals surface area (Å²) in [7, 11) is -1.23. The highest BCUT2D eigenvalue weighted by Gasteiger charge is 2.18. The summed E-state index contributed by atoms with van der Waals surface area (Å²) in [5.74, 6) is 0. The van der Waals surface area contributed by atoms with Gasteiger partial charge >= 0.3 is 0 Å². The second-order valence-electron chi connectivity index (χ2n) is 3.98. The Morgan fingerprint density at radius 1 is 1.47 bits per heavy atom. The molecule has 0 fully saturated rings. The third-order valence-corrected chi connectivity index (χ3v) is 3.33. The van der Waals surface area contributed by atoms with Crippen molar-refractivity contribution in [3.63, 3.8) is 0 Å². The molecule has 1 aromatic heterocycles. The lowest BCUT2D eigenvalue weighted by molar-refractivity contribution is 0.651. The van der Waals surface area contributed by atoms with Crippen LogP contribution < -0.4 is 0 Å². The number of pyridine rings is 1. The average molecular weight is 289 g/mol. The van der Waals surface area contributed by atoms with Crippen molar-refractivity contribution in [2.45, 2.75) is 25.5 Å². The minimum absolute atomic E-state index is 0.331. The summed E-state index contributed by atoms with van der Waals surface area (Å²) in [4.78, 5) is 4.16. The van der Waals surface area contributed by atoms with E-state index in [1.807, 2.05) is 39.0 Å². The maximum Gasteiger partial charge on any atom is 0.144 e. The molecule has 82 valence electrons. The molecule has 1 heterocycles. The Bertz CT molecular complexity index is 399. The van der Waals surface area contributed by atoms with Gasteiger partial charge in [0, 0.05) is 0 Å². The van der Waals surface area contributed by atoms with Crippen molar-refractivity contribution < 1.29 is 4.21 Å². The number of nitrogens with zero attached hydrogens (tertiary/aromatic N) is 2. The quantitative estimate of drug-likeness (QED) is 0.620. The summed E-state index contributed by atoms with van der Waals surface area (Å²) in [6.07, 6.45) is 1.53. The third-order valence-electron chi connectivity index (χ3n) is 1.54. The number of aromatic nitrogens is 1. The predicted molar refractivity (Wildman–Crippen MR) is 67.4 cm³/mol. The fourth-order valence-electron chi connectivity index (χ4n) is 0.756. The van der Waals surface area contributed by atoms with Gasteiger partial charge in [0.1, 0.15) is 15.6 Å². The van der Waals surface area contributed by atoms with Crippen LogP contribution in [0.2, 0.25) is 0 Å². The van der Waals surface area contributed by atoms with E-state index in [1.54, 1.807) is 0 Å². The van der Waals surface area contributed by atoms with E-state index in [-0.39, 0.29) is 4.75 Å². The van der Waals surface area contributed by atoms with Gasteiger partial charge in [-0.2, -0.15) is 4.40 Å². The Morgan fingerprint density at radius 3 is 2.67 bits per heavy atom. The molecule has 0 spiro atoms. The predicted octanol–water partition coefficient (Wildman–Crippen LogP) is 2.73. The van der Waals surface area contributed by atoms with Crippen LogP contribution in [0.1, 0.15) is 26.5 Å². The normalized spacial score (nSPS) is 14.4.